The molecule has 148 valence electrons. The van der Waals surface area contributed by atoms with Gasteiger partial charge in [-0.2, -0.15) is 0 Å². The molecule has 0 unspecified atom stereocenters. The molecule has 1 aliphatic heterocycles. The first kappa shape index (κ1) is 19.8. The van der Waals surface area contributed by atoms with E-state index in [1.807, 2.05) is 29.2 Å². The maximum Gasteiger partial charge on any atom is 0.250 e. The predicted octanol–water partition coefficient (Wildman–Crippen LogP) is 3.42. The van der Waals surface area contributed by atoms with Gasteiger partial charge in [0.05, 0.1) is 16.0 Å². The number of thiazole rings is 1. The summed E-state index contributed by atoms with van der Waals surface area (Å²) in [5.41, 5.74) is 0.960. The van der Waals surface area contributed by atoms with Crippen LogP contribution in [-0.4, -0.2) is 49.1 Å². The molecule has 0 saturated carbocycles. The van der Waals surface area contributed by atoms with E-state index < -0.39 is 10.0 Å². The minimum atomic E-state index is -3.46. The molecule has 0 aliphatic carbocycles. The number of sulfonamides is 1. The van der Waals surface area contributed by atoms with Crippen LogP contribution in [0.3, 0.4) is 0 Å². The lowest BCUT2D eigenvalue weighted by Gasteiger charge is -2.32. The second kappa shape index (κ2) is 8.50. The van der Waals surface area contributed by atoms with Crippen LogP contribution < -0.4 is 4.72 Å². The van der Waals surface area contributed by atoms with Gasteiger partial charge in [-0.15, -0.1) is 22.7 Å². The van der Waals surface area contributed by atoms with Crippen molar-refractivity contribution in [2.24, 2.45) is 0 Å². The van der Waals surface area contributed by atoms with E-state index >= 15 is 0 Å². The van der Waals surface area contributed by atoms with Gasteiger partial charge in [0.15, 0.2) is 4.34 Å². The first-order valence-corrected chi connectivity index (χ1v) is 13.0. The standard InChI is InChI=1S/C18H19N3O3S4/c22-16(12-26-18-19-14-4-1-2-5-15(14)27-18)21-9-7-13(8-10-21)20-28(23,24)17-6-3-11-25-17/h1-6,11,13,20H,7-10,12H2. The molecule has 1 aliphatic rings. The number of amides is 1. The number of likely N-dealkylation sites (tertiary alicyclic amines) is 1. The summed E-state index contributed by atoms with van der Waals surface area (Å²) in [6, 6.07) is 11.1. The van der Waals surface area contributed by atoms with Gasteiger partial charge in [0, 0.05) is 19.1 Å². The minimum absolute atomic E-state index is 0.0730. The molecule has 0 bridgehead atoms. The average Bonchev–Trinajstić information content (AvgIpc) is 3.36. The first-order chi connectivity index (χ1) is 13.5. The van der Waals surface area contributed by atoms with Crippen molar-refractivity contribution in [1.29, 1.82) is 0 Å². The highest BCUT2D eigenvalue weighted by Gasteiger charge is 2.27. The molecule has 10 heteroatoms. The molecule has 3 heterocycles. The summed E-state index contributed by atoms with van der Waals surface area (Å²) in [5.74, 6) is 0.426. The number of hydrogen-bond acceptors (Lipinski definition) is 7. The first-order valence-electron chi connectivity index (χ1n) is 8.83. The van der Waals surface area contributed by atoms with E-state index in [-0.39, 0.29) is 11.9 Å². The Morgan fingerprint density at radius 2 is 2.00 bits per heavy atom. The Morgan fingerprint density at radius 1 is 1.21 bits per heavy atom. The molecule has 4 rings (SSSR count). The number of nitrogens with one attached hydrogen (secondary N) is 1. The summed E-state index contributed by atoms with van der Waals surface area (Å²) in [6.45, 7) is 1.13. The van der Waals surface area contributed by atoms with E-state index in [4.69, 9.17) is 0 Å². The van der Waals surface area contributed by atoms with E-state index in [9.17, 15) is 13.2 Å². The molecule has 0 atom stereocenters. The smallest absolute Gasteiger partial charge is 0.250 e. The van der Waals surface area contributed by atoms with Crippen molar-refractivity contribution in [3.05, 3.63) is 41.8 Å². The Bertz CT molecular complexity index is 1020. The molecule has 1 fully saturated rings. The van der Waals surface area contributed by atoms with E-state index in [1.54, 1.807) is 28.8 Å². The molecule has 28 heavy (non-hydrogen) atoms. The van der Waals surface area contributed by atoms with Gasteiger partial charge in [-0.3, -0.25) is 4.79 Å². The molecule has 2 aromatic heterocycles. The number of para-hydroxylation sites is 1. The summed E-state index contributed by atoms with van der Waals surface area (Å²) in [6.07, 6.45) is 1.25. The summed E-state index contributed by atoms with van der Waals surface area (Å²) < 4.78 is 29.8. The maximum absolute atomic E-state index is 12.5. The fraction of sp³-hybridized carbons (Fsp3) is 0.333. The zero-order valence-corrected chi connectivity index (χ0v) is 18.2. The number of thioether (sulfide) groups is 1. The third kappa shape index (κ3) is 4.57. The lowest BCUT2D eigenvalue weighted by molar-refractivity contribution is -0.129. The van der Waals surface area contributed by atoms with Crippen LogP contribution in [0.5, 0.6) is 0 Å². The van der Waals surface area contributed by atoms with E-state index in [1.165, 1.54) is 23.1 Å². The minimum Gasteiger partial charge on any atom is -0.342 e. The Kier molecular flexibility index (Phi) is 6.02. The van der Waals surface area contributed by atoms with Crippen LogP contribution >= 0.6 is 34.4 Å². The zero-order valence-electron chi connectivity index (χ0n) is 14.9. The van der Waals surface area contributed by atoms with Gasteiger partial charge in [-0.05, 0) is 36.4 Å². The quantitative estimate of drug-likeness (QED) is 0.579. The summed E-state index contributed by atoms with van der Waals surface area (Å²) in [5, 5.41) is 1.75. The zero-order chi connectivity index (χ0) is 19.6. The second-order valence-corrected chi connectivity index (χ2v) is 11.6. The van der Waals surface area contributed by atoms with Gasteiger partial charge in [0.2, 0.25) is 15.9 Å². The number of fused-ring (bicyclic) bond motifs is 1. The van der Waals surface area contributed by atoms with Crippen LogP contribution in [0.1, 0.15) is 12.8 Å². The Hall–Kier alpha value is -1.46. The van der Waals surface area contributed by atoms with Crippen LogP contribution in [0, 0.1) is 0 Å². The van der Waals surface area contributed by atoms with Crippen LogP contribution in [0.15, 0.2) is 50.3 Å². The topological polar surface area (TPSA) is 79.4 Å². The SMILES string of the molecule is O=C(CSc1nc2ccccc2s1)N1CCC(NS(=O)(=O)c2cccs2)CC1. The summed E-state index contributed by atoms with van der Waals surface area (Å²) >= 11 is 4.27. The predicted molar refractivity (Wildman–Crippen MR) is 115 cm³/mol. The fourth-order valence-electron chi connectivity index (χ4n) is 3.07. The Labute approximate surface area is 176 Å². The Morgan fingerprint density at radius 3 is 2.71 bits per heavy atom. The van der Waals surface area contributed by atoms with Gasteiger partial charge in [0.1, 0.15) is 4.21 Å². The van der Waals surface area contributed by atoms with Gasteiger partial charge < -0.3 is 4.90 Å². The lowest BCUT2D eigenvalue weighted by Crippen LogP contribution is -2.46. The normalized spacial score (nSPS) is 15.9. The number of aromatic nitrogens is 1. The van der Waals surface area contributed by atoms with Crippen molar-refractivity contribution in [2.45, 2.75) is 27.4 Å². The number of thiophene rings is 1. The van der Waals surface area contributed by atoms with Crippen molar-refractivity contribution in [2.75, 3.05) is 18.8 Å². The average molecular weight is 454 g/mol. The number of benzene rings is 1. The number of hydrogen-bond donors (Lipinski definition) is 1. The van der Waals surface area contributed by atoms with Crippen molar-refractivity contribution in [1.82, 2.24) is 14.6 Å². The highest BCUT2D eigenvalue weighted by atomic mass is 32.2. The van der Waals surface area contributed by atoms with Crippen molar-refractivity contribution in [3.8, 4) is 0 Å². The van der Waals surface area contributed by atoms with Crippen LogP contribution in [-0.2, 0) is 14.8 Å². The Balaban J connectivity index is 1.27. The highest BCUT2D eigenvalue weighted by Crippen LogP contribution is 2.29. The fourth-order valence-corrected chi connectivity index (χ4v) is 7.35. The molecule has 1 amide bonds. The summed E-state index contributed by atoms with van der Waals surface area (Å²) in [4.78, 5) is 18.9. The third-order valence-electron chi connectivity index (χ3n) is 4.52. The van der Waals surface area contributed by atoms with E-state index in [2.05, 4.69) is 9.71 Å². The van der Waals surface area contributed by atoms with Crippen molar-refractivity contribution in [3.63, 3.8) is 0 Å². The molecular formula is C18H19N3O3S4. The third-order valence-corrected chi connectivity index (χ3v) is 9.60. The van der Waals surface area contributed by atoms with E-state index in [0.29, 0.717) is 35.9 Å². The number of rotatable bonds is 6. The number of carbonyl (C=O) groups is 1. The molecule has 0 spiro atoms. The maximum atomic E-state index is 12.5. The molecule has 1 N–H and O–H groups in total. The molecule has 0 radical (unpaired) electrons. The monoisotopic (exact) mass is 453 g/mol. The van der Waals surface area contributed by atoms with Gasteiger partial charge in [-0.25, -0.2) is 18.1 Å². The second-order valence-electron chi connectivity index (χ2n) is 6.44. The molecule has 1 saturated heterocycles. The van der Waals surface area contributed by atoms with Gasteiger partial charge >= 0.3 is 0 Å². The van der Waals surface area contributed by atoms with Crippen LogP contribution in [0.2, 0.25) is 0 Å². The molecule has 3 aromatic rings. The molecule has 1 aromatic carbocycles. The van der Waals surface area contributed by atoms with Gasteiger partial charge in [-0.1, -0.05) is 30.0 Å². The van der Waals surface area contributed by atoms with Crippen molar-refractivity contribution >= 4 is 60.6 Å². The van der Waals surface area contributed by atoms with Crippen LogP contribution in [0.25, 0.3) is 10.2 Å². The number of piperidine rings is 1. The largest absolute Gasteiger partial charge is 0.342 e. The number of nitrogens with zero attached hydrogens (tertiary/aromatic N) is 2. The number of carbonyl (C=O) groups excluding carboxylic acids is 1. The molecular weight excluding hydrogens is 434 g/mol. The molecule has 6 nitrogen and oxygen atoms in total. The summed E-state index contributed by atoms with van der Waals surface area (Å²) in [7, 11) is -3.46. The van der Waals surface area contributed by atoms with Gasteiger partial charge in [0.25, 0.3) is 0 Å². The van der Waals surface area contributed by atoms with Crippen LogP contribution in [0.4, 0.5) is 0 Å². The van der Waals surface area contributed by atoms with E-state index in [0.717, 1.165) is 14.6 Å². The lowest BCUT2D eigenvalue weighted by atomic mass is 10.1. The van der Waals surface area contributed by atoms with Crippen molar-refractivity contribution < 1.29 is 13.2 Å². The highest BCUT2D eigenvalue weighted by molar-refractivity contribution is 8.01.